The Morgan fingerprint density at radius 1 is 1.20 bits per heavy atom. The molecule has 5 nitrogen and oxygen atoms in total. The van der Waals surface area contributed by atoms with E-state index in [0.717, 1.165) is 36.3 Å². The van der Waals surface area contributed by atoms with Crippen LogP contribution in [0.25, 0.3) is 11.4 Å². The lowest BCUT2D eigenvalue weighted by Crippen LogP contribution is -2.32. The van der Waals surface area contributed by atoms with Gasteiger partial charge >= 0.3 is 0 Å². The van der Waals surface area contributed by atoms with Crippen LogP contribution in [-0.4, -0.2) is 16.7 Å². The Morgan fingerprint density at radius 2 is 2.00 bits per heavy atom. The van der Waals surface area contributed by atoms with Gasteiger partial charge in [0.2, 0.25) is 11.7 Å². The van der Waals surface area contributed by atoms with Crippen LogP contribution in [0.1, 0.15) is 30.8 Å². The van der Waals surface area contributed by atoms with Gasteiger partial charge in [-0.25, -0.2) is 0 Å². The summed E-state index contributed by atoms with van der Waals surface area (Å²) < 4.78 is 5.54. The summed E-state index contributed by atoms with van der Waals surface area (Å²) in [6, 6.07) is 13.5. The SMILES string of the molecule is CC(c1nc(-c2ccc(Cl)cc2)no1)N1CCCc2c(N)cccc21. The number of rotatable bonds is 3. The Bertz CT molecular complexity index is 891. The molecule has 128 valence electrons. The number of nitrogens with two attached hydrogens (primary N) is 1. The molecule has 3 aromatic rings. The van der Waals surface area contributed by atoms with Gasteiger partial charge in [0.05, 0.1) is 0 Å². The minimum atomic E-state index is -0.0191. The molecule has 0 bridgehead atoms. The van der Waals surface area contributed by atoms with Crippen LogP contribution in [0, 0.1) is 0 Å². The largest absolute Gasteiger partial charge is 0.398 e. The number of hydrogen-bond acceptors (Lipinski definition) is 5. The van der Waals surface area contributed by atoms with Crippen LogP contribution >= 0.6 is 11.6 Å². The molecule has 6 heteroatoms. The summed E-state index contributed by atoms with van der Waals surface area (Å²) in [5, 5.41) is 4.81. The van der Waals surface area contributed by atoms with Crippen molar-refractivity contribution in [2.45, 2.75) is 25.8 Å². The number of hydrogen-bond donors (Lipinski definition) is 1. The zero-order valence-corrected chi connectivity index (χ0v) is 14.7. The molecule has 1 aliphatic rings. The van der Waals surface area contributed by atoms with Crippen molar-refractivity contribution in [1.82, 2.24) is 10.1 Å². The van der Waals surface area contributed by atoms with Gasteiger partial charge in [-0.2, -0.15) is 4.98 Å². The van der Waals surface area contributed by atoms with E-state index in [1.165, 1.54) is 5.56 Å². The summed E-state index contributed by atoms with van der Waals surface area (Å²) in [6.45, 7) is 3.02. The first-order valence-electron chi connectivity index (χ1n) is 8.37. The number of fused-ring (bicyclic) bond motifs is 1. The number of nitrogens with zero attached hydrogens (tertiary/aromatic N) is 3. The van der Waals surface area contributed by atoms with Gasteiger partial charge in [0.15, 0.2) is 0 Å². The van der Waals surface area contributed by atoms with Crippen molar-refractivity contribution in [2.75, 3.05) is 17.2 Å². The highest BCUT2D eigenvalue weighted by atomic mass is 35.5. The lowest BCUT2D eigenvalue weighted by atomic mass is 9.98. The highest BCUT2D eigenvalue weighted by Gasteiger charge is 2.27. The van der Waals surface area contributed by atoms with Crippen molar-refractivity contribution in [3.63, 3.8) is 0 Å². The summed E-state index contributed by atoms with van der Waals surface area (Å²) in [5.74, 6) is 1.17. The van der Waals surface area contributed by atoms with E-state index in [0.29, 0.717) is 16.7 Å². The number of nitrogen functional groups attached to an aromatic ring is 1. The van der Waals surface area contributed by atoms with Crippen LogP contribution in [0.2, 0.25) is 5.02 Å². The predicted molar refractivity (Wildman–Crippen MR) is 99.7 cm³/mol. The first-order valence-corrected chi connectivity index (χ1v) is 8.75. The van der Waals surface area contributed by atoms with Crippen LogP contribution in [0.4, 0.5) is 11.4 Å². The van der Waals surface area contributed by atoms with Gasteiger partial charge in [-0.05, 0) is 61.7 Å². The fourth-order valence-electron chi connectivity index (χ4n) is 3.34. The molecule has 0 aliphatic carbocycles. The van der Waals surface area contributed by atoms with Gasteiger partial charge in [0.1, 0.15) is 6.04 Å². The first-order chi connectivity index (χ1) is 12.1. The Morgan fingerprint density at radius 3 is 2.80 bits per heavy atom. The molecule has 0 amide bonds. The fourth-order valence-corrected chi connectivity index (χ4v) is 3.46. The van der Waals surface area contributed by atoms with Crippen molar-refractivity contribution in [3.05, 3.63) is 58.9 Å². The van der Waals surface area contributed by atoms with E-state index >= 15 is 0 Å². The van der Waals surface area contributed by atoms with Crippen LogP contribution in [0.5, 0.6) is 0 Å². The van der Waals surface area contributed by atoms with Crippen molar-refractivity contribution in [3.8, 4) is 11.4 Å². The number of halogens is 1. The van der Waals surface area contributed by atoms with Gasteiger partial charge < -0.3 is 15.2 Å². The van der Waals surface area contributed by atoms with Gasteiger partial charge in [0, 0.05) is 28.5 Å². The molecule has 0 radical (unpaired) electrons. The highest BCUT2D eigenvalue weighted by molar-refractivity contribution is 6.30. The maximum Gasteiger partial charge on any atom is 0.249 e. The molecule has 2 N–H and O–H groups in total. The second-order valence-corrected chi connectivity index (χ2v) is 6.72. The Hall–Kier alpha value is -2.53. The molecule has 2 aromatic carbocycles. The lowest BCUT2D eigenvalue weighted by Gasteiger charge is -2.35. The van der Waals surface area contributed by atoms with Gasteiger partial charge in [-0.1, -0.05) is 22.8 Å². The Kier molecular flexibility index (Phi) is 4.09. The standard InChI is InChI=1S/C19H19ClN4O/c1-12(24-11-3-4-15-16(21)5-2-6-17(15)24)19-22-18(23-25-19)13-7-9-14(20)10-8-13/h2,5-10,12H,3-4,11,21H2,1H3. The molecule has 0 saturated heterocycles. The number of aromatic nitrogens is 2. The van der Waals surface area contributed by atoms with Crippen molar-refractivity contribution in [2.24, 2.45) is 0 Å². The summed E-state index contributed by atoms with van der Waals surface area (Å²) in [7, 11) is 0. The van der Waals surface area contributed by atoms with Gasteiger partial charge in [-0.3, -0.25) is 0 Å². The molecule has 1 aliphatic heterocycles. The predicted octanol–water partition coefficient (Wildman–Crippen LogP) is 4.49. The zero-order valence-electron chi connectivity index (χ0n) is 13.9. The van der Waals surface area contributed by atoms with E-state index in [2.05, 4.69) is 28.0 Å². The van der Waals surface area contributed by atoms with E-state index in [9.17, 15) is 0 Å². The van der Waals surface area contributed by atoms with Crippen LogP contribution in [0.3, 0.4) is 0 Å². The van der Waals surface area contributed by atoms with Crippen molar-refractivity contribution >= 4 is 23.0 Å². The summed E-state index contributed by atoms with van der Waals surface area (Å²) in [6.07, 6.45) is 2.06. The third kappa shape index (κ3) is 2.96. The minimum absolute atomic E-state index is 0.0191. The Labute approximate surface area is 151 Å². The van der Waals surface area contributed by atoms with Crippen LogP contribution < -0.4 is 10.6 Å². The maximum absolute atomic E-state index is 6.15. The van der Waals surface area contributed by atoms with Gasteiger partial charge in [0.25, 0.3) is 0 Å². The molecule has 1 aromatic heterocycles. The smallest absolute Gasteiger partial charge is 0.249 e. The molecule has 2 heterocycles. The monoisotopic (exact) mass is 354 g/mol. The second-order valence-electron chi connectivity index (χ2n) is 6.28. The summed E-state index contributed by atoms with van der Waals surface area (Å²) in [4.78, 5) is 6.87. The molecule has 1 unspecified atom stereocenters. The van der Waals surface area contributed by atoms with E-state index in [4.69, 9.17) is 21.9 Å². The molecule has 1 atom stereocenters. The average molecular weight is 355 g/mol. The lowest BCUT2D eigenvalue weighted by molar-refractivity contribution is 0.353. The van der Waals surface area contributed by atoms with Crippen LogP contribution in [0.15, 0.2) is 47.0 Å². The third-order valence-electron chi connectivity index (χ3n) is 4.69. The topological polar surface area (TPSA) is 68.2 Å². The molecule has 0 spiro atoms. The molecule has 25 heavy (non-hydrogen) atoms. The maximum atomic E-state index is 6.15. The van der Waals surface area contributed by atoms with E-state index in [1.807, 2.05) is 36.4 Å². The quantitative estimate of drug-likeness (QED) is 0.702. The third-order valence-corrected chi connectivity index (χ3v) is 4.94. The second kappa shape index (κ2) is 6.41. The minimum Gasteiger partial charge on any atom is -0.398 e. The first kappa shape index (κ1) is 16.0. The van der Waals surface area contributed by atoms with E-state index < -0.39 is 0 Å². The van der Waals surface area contributed by atoms with Gasteiger partial charge in [-0.15, -0.1) is 0 Å². The molecular formula is C19H19ClN4O. The fraction of sp³-hybridized carbons (Fsp3) is 0.263. The number of anilines is 2. The molecule has 0 saturated carbocycles. The Balaban J connectivity index is 1.64. The highest BCUT2D eigenvalue weighted by Crippen LogP contribution is 2.36. The van der Waals surface area contributed by atoms with E-state index in [-0.39, 0.29) is 6.04 Å². The normalized spacial score (nSPS) is 15.0. The summed E-state index contributed by atoms with van der Waals surface area (Å²) in [5.41, 5.74) is 10.2. The number of benzene rings is 2. The molecule has 0 fully saturated rings. The van der Waals surface area contributed by atoms with Crippen molar-refractivity contribution in [1.29, 1.82) is 0 Å². The summed E-state index contributed by atoms with van der Waals surface area (Å²) >= 11 is 5.94. The molecular weight excluding hydrogens is 336 g/mol. The molecule has 4 rings (SSSR count). The van der Waals surface area contributed by atoms with Crippen molar-refractivity contribution < 1.29 is 4.52 Å². The van der Waals surface area contributed by atoms with Crippen LogP contribution in [-0.2, 0) is 6.42 Å². The van der Waals surface area contributed by atoms with E-state index in [1.54, 1.807) is 0 Å². The zero-order chi connectivity index (χ0) is 17.4. The average Bonchev–Trinajstić information content (AvgIpc) is 3.12.